The Labute approximate surface area is 132 Å². The zero-order valence-electron chi connectivity index (χ0n) is 12.6. The second-order valence-electron chi connectivity index (χ2n) is 5.39. The molecule has 2 aromatic rings. The molecule has 0 spiro atoms. The van der Waals surface area contributed by atoms with Crippen molar-refractivity contribution in [3.05, 3.63) is 24.1 Å². The van der Waals surface area contributed by atoms with E-state index in [2.05, 4.69) is 15.3 Å². The third-order valence-corrected chi connectivity index (χ3v) is 3.96. The first-order valence-electron chi connectivity index (χ1n) is 7.32. The fourth-order valence-electron chi connectivity index (χ4n) is 2.85. The highest BCUT2D eigenvalue weighted by atomic mass is 19.1. The molecule has 0 aromatic carbocycles. The maximum atomic E-state index is 14.4. The van der Waals surface area contributed by atoms with E-state index in [9.17, 15) is 9.18 Å². The summed E-state index contributed by atoms with van der Waals surface area (Å²) in [5.41, 5.74) is 1.43. The van der Waals surface area contributed by atoms with Gasteiger partial charge in [0.2, 0.25) is 5.88 Å². The first-order valence-corrected chi connectivity index (χ1v) is 7.32. The van der Waals surface area contributed by atoms with Gasteiger partial charge in [-0.1, -0.05) is 0 Å². The molecule has 23 heavy (non-hydrogen) atoms. The summed E-state index contributed by atoms with van der Waals surface area (Å²) in [5, 5.41) is 11.2. The summed E-state index contributed by atoms with van der Waals surface area (Å²) in [5.74, 6) is -0.0449. The molecule has 122 valence electrons. The number of hydrogen-bond acceptors (Lipinski definition) is 5. The molecule has 0 aliphatic carbocycles. The van der Waals surface area contributed by atoms with Crippen molar-refractivity contribution < 1.29 is 19.0 Å². The molecule has 3 heterocycles. The predicted molar refractivity (Wildman–Crippen MR) is 82.4 cm³/mol. The Morgan fingerprint density at radius 3 is 2.83 bits per heavy atom. The van der Waals surface area contributed by atoms with Crippen LogP contribution in [0.2, 0.25) is 0 Å². The van der Waals surface area contributed by atoms with Crippen molar-refractivity contribution in [3.8, 4) is 5.88 Å². The molecule has 0 atom stereocenters. The molecule has 2 aromatic heterocycles. The Morgan fingerprint density at radius 1 is 1.43 bits per heavy atom. The number of carbonyl (C=O) groups is 1. The highest BCUT2D eigenvalue weighted by Gasteiger charge is 2.24. The van der Waals surface area contributed by atoms with Crippen LogP contribution in [0.15, 0.2) is 18.3 Å². The van der Waals surface area contributed by atoms with Crippen LogP contribution < -0.4 is 15.0 Å². The topological polar surface area (TPSA) is 87.6 Å². The summed E-state index contributed by atoms with van der Waals surface area (Å²) in [7, 11) is 1.50. The number of fused-ring (bicyclic) bond motifs is 1. The van der Waals surface area contributed by atoms with Gasteiger partial charge in [-0.3, -0.25) is 4.98 Å². The van der Waals surface area contributed by atoms with Crippen LogP contribution in [-0.4, -0.2) is 47.4 Å². The molecule has 1 aliphatic rings. The monoisotopic (exact) mass is 320 g/mol. The molecule has 2 N–H and O–H groups in total. The predicted octanol–water partition coefficient (Wildman–Crippen LogP) is 2.01. The number of nitrogens with one attached hydrogen (secondary N) is 1. The molecule has 1 aliphatic heterocycles. The lowest BCUT2D eigenvalue weighted by Gasteiger charge is -2.33. The number of amides is 1. The molecule has 8 heteroatoms. The number of halogens is 1. The third kappa shape index (κ3) is 3.10. The van der Waals surface area contributed by atoms with Gasteiger partial charge in [0.1, 0.15) is 11.2 Å². The Kier molecular flexibility index (Phi) is 4.14. The Balaban J connectivity index is 1.90. The van der Waals surface area contributed by atoms with Crippen LogP contribution in [0.5, 0.6) is 5.88 Å². The minimum atomic E-state index is -1.03. The minimum Gasteiger partial charge on any atom is -0.481 e. The van der Waals surface area contributed by atoms with Crippen molar-refractivity contribution in [1.29, 1.82) is 0 Å². The van der Waals surface area contributed by atoms with Crippen molar-refractivity contribution in [3.63, 3.8) is 0 Å². The molecular weight excluding hydrogens is 303 g/mol. The lowest BCUT2D eigenvalue weighted by Crippen LogP contribution is -2.44. The number of aromatic nitrogens is 2. The second-order valence-corrected chi connectivity index (χ2v) is 5.39. The second kappa shape index (κ2) is 6.23. The van der Waals surface area contributed by atoms with E-state index in [-0.39, 0.29) is 6.04 Å². The van der Waals surface area contributed by atoms with Crippen LogP contribution in [0, 0.1) is 5.82 Å². The number of nitrogens with zero attached hydrogens (tertiary/aromatic N) is 3. The standard InChI is InChI=1S/C15H17FN4O3/c1-23-12-3-2-11-13(19-12)14(10(16)8-17-11)20-6-4-9(5-7-20)18-15(21)22/h2-3,8-9,18H,4-7H2,1H3,(H,21,22). The normalized spacial score (nSPS) is 15.7. The van der Waals surface area contributed by atoms with Crippen molar-refractivity contribution >= 4 is 22.8 Å². The molecule has 0 radical (unpaired) electrons. The smallest absolute Gasteiger partial charge is 0.404 e. The van der Waals surface area contributed by atoms with Gasteiger partial charge < -0.3 is 20.1 Å². The maximum absolute atomic E-state index is 14.4. The van der Waals surface area contributed by atoms with E-state index in [0.717, 1.165) is 0 Å². The number of piperidine rings is 1. The van der Waals surface area contributed by atoms with E-state index in [0.29, 0.717) is 48.5 Å². The van der Waals surface area contributed by atoms with Crippen molar-refractivity contribution in [1.82, 2.24) is 15.3 Å². The summed E-state index contributed by atoms with van der Waals surface area (Å²) >= 11 is 0. The van der Waals surface area contributed by atoms with Crippen LogP contribution in [0.1, 0.15) is 12.8 Å². The molecule has 7 nitrogen and oxygen atoms in total. The summed E-state index contributed by atoms with van der Waals surface area (Å²) < 4.78 is 19.5. The van der Waals surface area contributed by atoms with Gasteiger partial charge in [0, 0.05) is 25.2 Å². The number of methoxy groups -OCH3 is 1. The Morgan fingerprint density at radius 2 is 2.17 bits per heavy atom. The molecular formula is C15H17FN4O3. The highest BCUT2D eigenvalue weighted by Crippen LogP contribution is 2.30. The molecule has 0 bridgehead atoms. The lowest BCUT2D eigenvalue weighted by molar-refractivity contribution is 0.187. The summed E-state index contributed by atoms with van der Waals surface area (Å²) in [6, 6.07) is 3.31. The van der Waals surface area contributed by atoms with E-state index in [1.54, 1.807) is 12.1 Å². The SMILES string of the molecule is COc1ccc2ncc(F)c(N3CCC(NC(=O)O)CC3)c2n1. The molecule has 1 fully saturated rings. The highest BCUT2D eigenvalue weighted by molar-refractivity contribution is 5.88. The van der Waals surface area contributed by atoms with Gasteiger partial charge in [0.05, 0.1) is 18.8 Å². The Hall–Kier alpha value is -2.64. The summed E-state index contributed by atoms with van der Waals surface area (Å²) in [4.78, 5) is 21.0. The van der Waals surface area contributed by atoms with Crippen molar-refractivity contribution in [2.45, 2.75) is 18.9 Å². The number of carboxylic acid groups (broad SMARTS) is 1. The first kappa shape index (κ1) is 15.3. The number of rotatable bonds is 3. The van der Waals surface area contributed by atoms with Crippen LogP contribution in [0.25, 0.3) is 11.0 Å². The average Bonchev–Trinajstić information content (AvgIpc) is 2.55. The first-order chi connectivity index (χ1) is 11.1. The van der Waals surface area contributed by atoms with Gasteiger partial charge in [0.15, 0.2) is 5.82 Å². The number of hydrogen-bond donors (Lipinski definition) is 2. The molecule has 0 unspecified atom stereocenters. The fourth-order valence-corrected chi connectivity index (χ4v) is 2.85. The lowest BCUT2D eigenvalue weighted by atomic mass is 10.0. The van der Waals surface area contributed by atoms with Gasteiger partial charge in [-0.15, -0.1) is 0 Å². The number of anilines is 1. The van der Waals surface area contributed by atoms with Crippen LogP contribution in [-0.2, 0) is 0 Å². The van der Waals surface area contributed by atoms with Crippen molar-refractivity contribution in [2.24, 2.45) is 0 Å². The van der Waals surface area contributed by atoms with Gasteiger partial charge >= 0.3 is 6.09 Å². The van der Waals surface area contributed by atoms with E-state index in [4.69, 9.17) is 9.84 Å². The van der Waals surface area contributed by atoms with Gasteiger partial charge in [-0.25, -0.2) is 14.2 Å². The zero-order valence-corrected chi connectivity index (χ0v) is 12.6. The largest absolute Gasteiger partial charge is 0.481 e. The van der Waals surface area contributed by atoms with E-state index >= 15 is 0 Å². The van der Waals surface area contributed by atoms with E-state index in [1.807, 2.05) is 4.90 Å². The zero-order chi connectivity index (χ0) is 16.4. The van der Waals surface area contributed by atoms with Crippen LogP contribution in [0.3, 0.4) is 0 Å². The quantitative estimate of drug-likeness (QED) is 0.899. The van der Waals surface area contributed by atoms with Gasteiger partial charge in [0.25, 0.3) is 0 Å². The molecule has 3 rings (SSSR count). The third-order valence-electron chi connectivity index (χ3n) is 3.96. The number of pyridine rings is 2. The summed E-state index contributed by atoms with van der Waals surface area (Å²) in [6.07, 6.45) is 1.38. The van der Waals surface area contributed by atoms with Crippen molar-refractivity contribution in [2.75, 3.05) is 25.1 Å². The fraction of sp³-hybridized carbons (Fsp3) is 0.400. The average molecular weight is 320 g/mol. The minimum absolute atomic E-state index is 0.109. The molecule has 1 saturated heterocycles. The van der Waals surface area contributed by atoms with E-state index < -0.39 is 11.9 Å². The van der Waals surface area contributed by atoms with Crippen LogP contribution >= 0.6 is 0 Å². The molecule has 1 amide bonds. The Bertz CT molecular complexity index is 732. The van der Waals surface area contributed by atoms with Gasteiger partial charge in [-0.2, -0.15) is 0 Å². The summed E-state index contributed by atoms with van der Waals surface area (Å²) in [6.45, 7) is 1.08. The van der Waals surface area contributed by atoms with Crippen LogP contribution in [0.4, 0.5) is 14.9 Å². The van der Waals surface area contributed by atoms with Gasteiger partial charge in [-0.05, 0) is 18.9 Å². The molecule has 0 saturated carbocycles. The number of ether oxygens (including phenoxy) is 1. The maximum Gasteiger partial charge on any atom is 0.404 e. The van der Waals surface area contributed by atoms with E-state index in [1.165, 1.54) is 13.3 Å².